The van der Waals surface area contributed by atoms with Crippen LogP contribution in [-0.4, -0.2) is 18.3 Å². The highest BCUT2D eigenvalue weighted by Gasteiger charge is 2.23. The fourth-order valence-corrected chi connectivity index (χ4v) is 10.7. The maximum Gasteiger partial charge on any atom is 0.198 e. The Hall–Kier alpha value is -5.76. The standard InChI is InChI=1S/C48H50N4O2.2C6H4Cl2/c1-5-9-25-49-35-19-15-13-17-31(35)43-37(49)21-23-39-45(43)47(53)33-29-42-34(30-41(33)51(39)27-11-7-3)48(54)46-40(52(42)28-12-8-4)24-22-38-44(46)32-18-14-16-20-36(32)50(38)26-10-6-2;2*7-5-3-1-2-4-6(5)8/h13-24,29-30H,5-12,25-28H2,1-4H3;2*1-4H. The Morgan fingerprint density at radius 2 is 0.586 bits per heavy atom. The first-order valence-corrected chi connectivity index (χ1v) is 26.3. The monoisotopic (exact) mass is 1010 g/mol. The Kier molecular flexibility index (Phi) is 15.3. The summed E-state index contributed by atoms with van der Waals surface area (Å²) in [4.78, 5) is 30.4. The molecule has 0 atom stereocenters. The zero-order chi connectivity index (χ0) is 49.1. The molecule has 6 nitrogen and oxygen atoms in total. The Bertz CT molecular complexity index is 3550. The van der Waals surface area contributed by atoms with Crippen molar-refractivity contribution in [2.75, 3.05) is 0 Å². The van der Waals surface area contributed by atoms with E-state index in [0.717, 1.165) is 143 Å². The molecule has 10 heteroatoms. The lowest BCUT2D eigenvalue weighted by Gasteiger charge is -2.20. The van der Waals surface area contributed by atoms with E-state index in [0.29, 0.717) is 30.9 Å². The second-order valence-electron chi connectivity index (χ2n) is 18.1. The number of pyridine rings is 2. The summed E-state index contributed by atoms with van der Waals surface area (Å²) in [6.07, 6.45) is 8.34. The first kappa shape index (κ1) is 49.2. The van der Waals surface area contributed by atoms with Crippen LogP contribution < -0.4 is 10.9 Å². The quantitative estimate of drug-likeness (QED) is 0.115. The van der Waals surface area contributed by atoms with E-state index in [2.05, 4.69) is 131 Å². The van der Waals surface area contributed by atoms with Gasteiger partial charge in [0.25, 0.3) is 0 Å². The van der Waals surface area contributed by atoms with Crippen molar-refractivity contribution >= 4 is 134 Å². The highest BCUT2D eigenvalue weighted by Crippen LogP contribution is 2.38. The topological polar surface area (TPSA) is 53.9 Å². The molecule has 0 aliphatic heterocycles. The van der Waals surface area contributed by atoms with Crippen molar-refractivity contribution in [3.8, 4) is 0 Å². The minimum atomic E-state index is 0.0441. The molecule has 0 spiro atoms. The maximum atomic E-state index is 15.2. The molecular formula is C60H58Cl4N4O2. The molecule has 4 heterocycles. The number of halogens is 4. The van der Waals surface area contributed by atoms with Crippen molar-refractivity contribution in [2.45, 2.75) is 105 Å². The number of unbranched alkanes of at least 4 members (excludes halogenated alkanes) is 4. The normalized spacial score (nSPS) is 11.7. The van der Waals surface area contributed by atoms with E-state index in [1.54, 1.807) is 24.3 Å². The molecule has 0 radical (unpaired) electrons. The van der Waals surface area contributed by atoms with Gasteiger partial charge in [0.15, 0.2) is 10.9 Å². The van der Waals surface area contributed by atoms with Gasteiger partial charge in [-0.3, -0.25) is 9.59 Å². The number of fused-ring (bicyclic) bond motifs is 12. The summed E-state index contributed by atoms with van der Waals surface area (Å²) in [5.41, 5.74) is 8.25. The molecule has 0 amide bonds. The van der Waals surface area contributed by atoms with E-state index in [-0.39, 0.29) is 10.9 Å². The summed E-state index contributed by atoms with van der Waals surface area (Å²) in [5, 5.41) is 9.70. The molecule has 0 N–H and O–H groups in total. The zero-order valence-corrected chi connectivity index (χ0v) is 43.3. The van der Waals surface area contributed by atoms with Crippen molar-refractivity contribution in [3.05, 3.63) is 174 Å². The van der Waals surface area contributed by atoms with Gasteiger partial charge in [-0.15, -0.1) is 0 Å². The van der Waals surface area contributed by atoms with Gasteiger partial charge in [-0.05, 0) is 98.5 Å². The fourth-order valence-electron chi connectivity index (χ4n) is 10.2. The third-order valence-electron chi connectivity index (χ3n) is 13.6. The number of aromatic nitrogens is 4. The summed E-state index contributed by atoms with van der Waals surface area (Å²) in [6.45, 7) is 12.2. The number of aryl methyl sites for hydroxylation is 4. The molecule has 0 aliphatic carbocycles. The molecule has 70 heavy (non-hydrogen) atoms. The smallest absolute Gasteiger partial charge is 0.198 e. The van der Waals surface area contributed by atoms with Crippen LogP contribution in [-0.2, 0) is 26.2 Å². The van der Waals surface area contributed by atoms with Crippen LogP contribution in [0.4, 0.5) is 0 Å². The van der Waals surface area contributed by atoms with Crippen LogP contribution in [0, 0.1) is 0 Å². The molecule has 0 bridgehead atoms. The molecular weight excluding hydrogens is 950 g/mol. The molecule has 11 aromatic rings. The lowest BCUT2D eigenvalue weighted by Crippen LogP contribution is -2.16. The molecule has 7 aromatic carbocycles. The molecule has 11 rings (SSSR count). The van der Waals surface area contributed by atoms with Gasteiger partial charge in [0.05, 0.1) is 52.9 Å². The Morgan fingerprint density at radius 3 is 0.886 bits per heavy atom. The van der Waals surface area contributed by atoms with Gasteiger partial charge in [0.1, 0.15) is 0 Å². The highest BCUT2D eigenvalue weighted by atomic mass is 35.5. The number of nitrogens with zero attached hydrogens (tertiary/aromatic N) is 4. The SMILES string of the molecule is CCCCn1c2cc3c(=O)c4c5c6ccccc6n(CCCC)c5ccc4n(CCCC)c3cc2c(=O)c2c3c4ccccc4n(CCCC)c3ccc21.Clc1ccccc1Cl.Clc1ccccc1Cl. The average molecular weight is 1010 g/mol. The van der Waals surface area contributed by atoms with Crippen LogP contribution in [0.2, 0.25) is 20.1 Å². The number of hydrogen-bond donors (Lipinski definition) is 0. The van der Waals surface area contributed by atoms with Gasteiger partial charge in [-0.25, -0.2) is 0 Å². The van der Waals surface area contributed by atoms with Crippen LogP contribution in [0.5, 0.6) is 0 Å². The van der Waals surface area contributed by atoms with E-state index in [1.165, 1.54) is 11.0 Å². The van der Waals surface area contributed by atoms with E-state index in [1.807, 2.05) is 24.3 Å². The largest absolute Gasteiger partial charge is 0.340 e. The maximum absolute atomic E-state index is 15.2. The van der Waals surface area contributed by atoms with E-state index >= 15 is 9.59 Å². The zero-order valence-electron chi connectivity index (χ0n) is 40.3. The van der Waals surface area contributed by atoms with Crippen molar-refractivity contribution in [2.24, 2.45) is 0 Å². The number of benzene rings is 7. The highest BCUT2D eigenvalue weighted by molar-refractivity contribution is 6.42. The summed E-state index contributed by atoms with van der Waals surface area (Å²) in [7, 11) is 0. The van der Waals surface area contributed by atoms with E-state index in [9.17, 15) is 0 Å². The van der Waals surface area contributed by atoms with Gasteiger partial charge in [0, 0.05) is 80.6 Å². The molecule has 358 valence electrons. The van der Waals surface area contributed by atoms with E-state index < -0.39 is 0 Å². The molecule has 4 aromatic heterocycles. The van der Waals surface area contributed by atoms with Crippen LogP contribution >= 0.6 is 46.4 Å². The van der Waals surface area contributed by atoms with E-state index in [4.69, 9.17) is 46.4 Å². The van der Waals surface area contributed by atoms with Gasteiger partial charge in [-0.1, -0.05) is 160 Å². The number of para-hydroxylation sites is 2. The van der Waals surface area contributed by atoms with Gasteiger partial charge < -0.3 is 18.3 Å². The summed E-state index contributed by atoms with van der Waals surface area (Å²) >= 11 is 22.3. The lowest BCUT2D eigenvalue weighted by atomic mass is 9.99. The van der Waals surface area contributed by atoms with Crippen molar-refractivity contribution in [1.29, 1.82) is 0 Å². The van der Waals surface area contributed by atoms with Crippen molar-refractivity contribution in [1.82, 2.24) is 18.3 Å². The molecule has 0 aliphatic rings. The Labute approximate surface area is 428 Å². The predicted octanol–water partition coefficient (Wildman–Crippen LogP) is 18.0. The van der Waals surface area contributed by atoms with Crippen LogP contribution in [0.3, 0.4) is 0 Å². The fraction of sp³-hybridized carbons (Fsp3) is 0.267. The molecule has 0 saturated heterocycles. The molecule has 0 fully saturated rings. The van der Waals surface area contributed by atoms with Crippen molar-refractivity contribution in [3.63, 3.8) is 0 Å². The van der Waals surface area contributed by atoms with Crippen LogP contribution in [0.15, 0.2) is 143 Å². The van der Waals surface area contributed by atoms with Gasteiger partial charge in [-0.2, -0.15) is 0 Å². The van der Waals surface area contributed by atoms with Crippen LogP contribution in [0.25, 0.3) is 87.2 Å². The van der Waals surface area contributed by atoms with Crippen molar-refractivity contribution < 1.29 is 0 Å². The molecule has 0 unspecified atom stereocenters. The molecule has 0 saturated carbocycles. The Morgan fingerprint density at radius 1 is 0.314 bits per heavy atom. The minimum Gasteiger partial charge on any atom is -0.340 e. The second-order valence-corrected chi connectivity index (χ2v) is 19.8. The lowest BCUT2D eigenvalue weighted by molar-refractivity contribution is 0.660. The third-order valence-corrected chi connectivity index (χ3v) is 15.2. The minimum absolute atomic E-state index is 0.0441. The van der Waals surface area contributed by atoms with Crippen LogP contribution in [0.1, 0.15) is 79.1 Å². The average Bonchev–Trinajstić information content (AvgIpc) is 3.88. The number of rotatable bonds is 12. The number of hydrogen-bond acceptors (Lipinski definition) is 2. The first-order valence-electron chi connectivity index (χ1n) is 24.8. The summed E-state index contributed by atoms with van der Waals surface area (Å²) in [5.74, 6) is 0. The Balaban J connectivity index is 0.000000322. The summed E-state index contributed by atoms with van der Waals surface area (Å²) < 4.78 is 9.48. The van der Waals surface area contributed by atoms with Gasteiger partial charge in [0.2, 0.25) is 0 Å². The predicted molar refractivity (Wildman–Crippen MR) is 304 cm³/mol. The third kappa shape index (κ3) is 9.09. The van der Waals surface area contributed by atoms with Gasteiger partial charge >= 0.3 is 0 Å². The summed E-state index contributed by atoms with van der Waals surface area (Å²) in [6, 6.07) is 44.4. The first-order chi connectivity index (χ1) is 34.1. The second kappa shape index (κ2) is 21.7.